The van der Waals surface area contributed by atoms with Crippen LogP contribution < -0.4 is 0 Å². The molecule has 0 amide bonds. The van der Waals surface area contributed by atoms with Crippen molar-refractivity contribution in [3.8, 4) is 0 Å². The molecule has 0 aliphatic heterocycles. The summed E-state index contributed by atoms with van der Waals surface area (Å²) in [6, 6.07) is 1.13. The Morgan fingerprint density at radius 1 is 0.636 bits per heavy atom. The minimum atomic E-state index is -1.49. The molecule has 0 N–H and O–H groups in total. The Morgan fingerprint density at radius 2 is 1.00 bits per heavy atom. The summed E-state index contributed by atoms with van der Waals surface area (Å²) in [7, 11) is -0.240. The fraction of sp³-hybridized carbons (Fsp3) is 0.946. The standard InChI is InChI=1S/C37H64N2OSi.2BrH.Ni/c1-26(38-36-31-18-9-5-14-27(31)24-28-15-6-10-19-32(28)36)35(22-13-23-40-41(2,3)4)39-37-33-20-11-7-16-29(33)25-30-17-8-12-21-34(30)37;;;/h27-34,36-37H,5-25H2,1-4H3;2*1H;/q;;;+2/p-2. The normalized spacial score (nSPS) is 39.7. The maximum absolute atomic E-state index is 6.36. The molecule has 6 fully saturated rings. The molecule has 0 aromatic rings. The predicted molar refractivity (Wildman–Crippen MR) is 196 cm³/mol. The van der Waals surface area contributed by atoms with Gasteiger partial charge in [0.05, 0.1) is 23.5 Å². The molecule has 0 aromatic heterocycles. The number of hydrogen-bond acceptors (Lipinski definition) is 3. The second kappa shape index (κ2) is 17.6. The molecular formula is C37H64Br2N2NiOSi. The van der Waals surface area contributed by atoms with Crippen LogP contribution in [0.25, 0.3) is 0 Å². The molecule has 256 valence electrons. The molecule has 0 radical (unpaired) electrons. The van der Waals surface area contributed by atoms with Crippen molar-refractivity contribution >= 4 is 48.2 Å². The van der Waals surface area contributed by atoms with Gasteiger partial charge >= 0.3 is 39.3 Å². The van der Waals surface area contributed by atoms with Crippen LogP contribution in [0.3, 0.4) is 0 Å². The van der Waals surface area contributed by atoms with E-state index >= 15 is 0 Å². The van der Waals surface area contributed by atoms with Gasteiger partial charge in [-0.2, -0.15) is 0 Å². The number of halogens is 2. The third-order valence-corrected chi connectivity index (χ3v) is 14.1. The zero-order valence-corrected chi connectivity index (χ0v) is 33.7. The van der Waals surface area contributed by atoms with Gasteiger partial charge in [0.15, 0.2) is 8.32 Å². The zero-order chi connectivity index (χ0) is 31.1. The Balaban J connectivity index is 0.00000123. The van der Waals surface area contributed by atoms with Gasteiger partial charge in [0.2, 0.25) is 0 Å². The quantitative estimate of drug-likeness (QED) is 0.137. The van der Waals surface area contributed by atoms with Gasteiger partial charge < -0.3 is 4.43 Å². The monoisotopic (exact) mass is 796 g/mol. The second-order valence-corrected chi connectivity index (χ2v) is 26.2. The molecule has 6 saturated carbocycles. The fourth-order valence-electron chi connectivity index (χ4n) is 11.1. The summed E-state index contributed by atoms with van der Waals surface area (Å²) in [5.74, 6) is 7.13. The Kier molecular flexibility index (Phi) is 14.5. The van der Waals surface area contributed by atoms with Crippen molar-refractivity contribution in [3.05, 3.63) is 0 Å². The van der Waals surface area contributed by atoms with Crippen molar-refractivity contribution < 1.29 is 15.3 Å². The molecule has 3 nitrogen and oxygen atoms in total. The first kappa shape index (κ1) is 36.3. The number of nitrogens with zero attached hydrogens (tertiary/aromatic N) is 2. The van der Waals surface area contributed by atoms with Crippen molar-refractivity contribution in [1.82, 2.24) is 0 Å². The average molecular weight is 800 g/mol. The van der Waals surface area contributed by atoms with E-state index < -0.39 is 8.32 Å². The number of fused-ring (bicyclic) bond motifs is 4. The number of hydrogen-bond donors (Lipinski definition) is 0. The summed E-state index contributed by atoms with van der Waals surface area (Å²) in [5.41, 5.74) is 2.74. The van der Waals surface area contributed by atoms with Gasteiger partial charge in [0.1, 0.15) is 0 Å². The van der Waals surface area contributed by atoms with E-state index in [0.29, 0.717) is 12.1 Å². The van der Waals surface area contributed by atoms with Crippen LogP contribution in [0.15, 0.2) is 9.98 Å². The molecule has 0 bridgehead atoms. The van der Waals surface area contributed by atoms with E-state index in [9.17, 15) is 0 Å². The van der Waals surface area contributed by atoms with E-state index in [1.807, 2.05) is 0 Å². The van der Waals surface area contributed by atoms with Crippen LogP contribution >= 0.6 is 28.5 Å². The first-order valence-corrected chi connectivity index (χ1v) is 27.2. The van der Waals surface area contributed by atoms with Crippen molar-refractivity contribution in [2.75, 3.05) is 6.61 Å². The third-order valence-electron chi connectivity index (χ3n) is 13.0. The van der Waals surface area contributed by atoms with E-state index in [4.69, 9.17) is 14.4 Å². The summed E-state index contributed by atoms with van der Waals surface area (Å²) >= 11 is 6.00. The Hall–Kier alpha value is 0.970. The Labute approximate surface area is 292 Å². The molecule has 0 saturated heterocycles. The first-order valence-electron chi connectivity index (χ1n) is 18.9. The van der Waals surface area contributed by atoms with E-state index in [-0.39, 0.29) is 0 Å². The Bertz CT molecular complexity index is 912. The molecule has 8 unspecified atom stereocenters. The van der Waals surface area contributed by atoms with Crippen LogP contribution in [0.5, 0.6) is 0 Å². The van der Waals surface area contributed by atoms with Crippen LogP contribution in [0, 0.1) is 47.3 Å². The van der Waals surface area contributed by atoms with Crippen LogP contribution in [0.1, 0.15) is 135 Å². The number of rotatable bonds is 8. The van der Waals surface area contributed by atoms with Crippen molar-refractivity contribution in [3.63, 3.8) is 0 Å². The van der Waals surface area contributed by atoms with Crippen LogP contribution in [-0.2, 0) is 15.3 Å². The zero-order valence-electron chi connectivity index (χ0n) is 28.5. The second-order valence-electron chi connectivity index (χ2n) is 16.7. The van der Waals surface area contributed by atoms with Crippen LogP contribution in [0.4, 0.5) is 0 Å². The van der Waals surface area contributed by atoms with Crippen molar-refractivity contribution in [2.24, 2.45) is 57.3 Å². The topological polar surface area (TPSA) is 34.0 Å². The number of aliphatic imine (C=N–C) groups is 2. The van der Waals surface area contributed by atoms with Gasteiger partial charge in [-0.25, -0.2) is 0 Å². The molecule has 7 heteroatoms. The van der Waals surface area contributed by atoms with E-state index in [1.165, 1.54) is 138 Å². The molecule has 6 aliphatic rings. The van der Waals surface area contributed by atoms with Gasteiger partial charge in [0.25, 0.3) is 0 Å². The molecule has 0 spiro atoms. The average Bonchev–Trinajstić information content (AvgIpc) is 3.01. The van der Waals surface area contributed by atoms with Gasteiger partial charge in [-0.3, -0.25) is 9.98 Å². The molecule has 0 heterocycles. The summed E-state index contributed by atoms with van der Waals surface area (Å²) < 4.78 is 6.36. The van der Waals surface area contributed by atoms with E-state index in [2.05, 4.69) is 55.0 Å². The summed E-state index contributed by atoms with van der Waals surface area (Å²) in [6.45, 7) is 10.3. The van der Waals surface area contributed by atoms with Crippen LogP contribution in [-0.4, -0.2) is 38.4 Å². The molecular weight excluding hydrogens is 735 g/mol. The van der Waals surface area contributed by atoms with Crippen LogP contribution in [0.2, 0.25) is 19.6 Å². The van der Waals surface area contributed by atoms with E-state index in [0.717, 1.165) is 66.8 Å². The third kappa shape index (κ3) is 9.56. The Morgan fingerprint density at radius 3 is 1.39 bits per heavy atom. The fourth-order valence-corrected chi connectivity index (χ4v) is 11.9. The first-order chi connectivity index (χ1) is 21.3. The molecule has 6 aliphatic carbocycles. The molecule has 44 heavy (non-hydrogen) atoms. The molecule has 8 atom stereocenters. The molecule has 0 aromatic carbocycles. The SMILES string of the molecule is CC(=NC1C2CCCCC2CC2CCCCC21)C(CCCO[Si](C)(C)C)=NC1C2CCCCC2CC2CCCCC21.[Br][Ni][Br]. The van der Waals surface area contributed by atoms with E-state index in [1.54, 1.807) is 0 Å². The van der Waals surface area contributed by atoms with Crippen molar-refractivity contribution in [2.45, 2.75) is 167 Å². The van der Waals surface area contributed by atoms with Gasteiger partial charge in [-0.1, -0.05) is 77.0 Å². The van der Waals surface area contributed by atoms with Gasteiger partial charge in [-0.15, -0.1) is 0 Å². The van der Waals surface area contributed by atoms with Gasteiger partial charge in [0, 0.05) is 6.61 Å². The maximum atomic E-state index is 6.36. The summed E-state index contributed by atoms with van der Waals surface area (Å²) in [5, 5.41) is 0. The summed E-state index contributed by atoms with van der Waals surface area (Å²) in [4.78, 5) is 11.8. The molecule has 6 rings (SSSR count). The predicted octanol–water partition coefficient (Wildman–Crippen LogP) is 12.0. The summed E-state index contributed by atoms with van der Waals surface area (Å²) in [6.07, 6.45) is 28.4. The minimum absolute atomic E-state index is 0.564. The van der Waals surface area contributed by atoms with Crippen molar-refractivity contribution in [1.29, 1.82) is 0 Å². The van der Waals surface area contributed by atoms with Gasteiger partial charge in [-0.05, 0) is 125 Å².